The molecule has 0 aliphatic heterocycles. The minimum atomic E-state index is 0. The third-order valence-electron chi connectivity index (χ3n) is 0.723. The van der Waals surface area contributed by atoms with E-state index in [1.807, 2.05) is 11.6 Å². The Bertz CT molecular complexity index is 166. The number of halogens is 2. The summed E-state index contributed by atoms with van der Waals surface area (Å²) < 4.78 is 0. The standard InChI is InChI=1S/2C3H3NP.2ClH.Zr/c2*1-2-5-3-4-1;;;/h2*1-2,5H;2*1H;/q2*-1;;;+4/p-2. The molecular formula is C6H6Cl2N2P2Zr. The van der Waals surface area contributed by atoms with Crippen molar-refractivity contribution in [3.05, 3.63) is 35.8 Å². The molecule has 0 bridgehead atoms. The minimum absolute atomic E-state index is 0. The molecule has 68 valence electrons. The summed E-state index contributed by atoms with van der Waals surface area (Å²) in [5.74, 6) is 9.50. The first-order valence-electron chi connectivity index (χ1n) is 2.71. The number of nitrogens with zero attached hydrogens (tertiary/aromatic N) is 2. The van der Waals surface area contributed by atoms with Crippen LogP contribution in [0.1, 0.15) is 0 Å². The van der Waals surface area contributed by atoms with E-state index in [9.17, 15) is 0 Å². The molecule has 2 unspecified atom stereocenters. The molecule has 0 spiro atoms. The topological polar surface area (TPSA) is 25.8 Å². The summed E-state index contributed by atoms with van der Waals surface area (Å²) in [6, 6.07) is 0. The van der Waals surface area contributed by atoms with Gasteiger partial charge in [0.25, 0.3) is 0 Å². The molecule has 0 saturated carbocycles. The summed E-state index contributed by atoms with van der Waals surface area (Å²) >= 11 is 0. The van der Waals surface area contributed by atoms with Gasteiger partial charge in [0.2, 0.25) is 0 Å². The van der Waals surface area contributed by atoms with Crippen LogP contribution in [-0.2, 0) is 26.2 Å². The molecule has 7 heteroatoms. The van der Waals surface area contributed by atoms with Crippen LogP contribution in [-0.4, -0.2) is 9.97 Å². The molecule has 2 aromatic rings. The van der Waals surface area contributed by atoms with Crippen molar-refractivity contribution in [2.24, 2.45) is 0 Å². The summed E-state index contributed by atoms with van der Waals surface area (Å²) in [6.45, 7) is 0. The Morgan fingerprint density at radius 2 is 1.23 bits per heavy atom. The number of hydrogen-bond acceptors (Lipinski definition) is 2. The van der Waals surface area contributed by atoms with E-state index in [1.165, 1.54) is 0 Å². The first kappa shape index (κ1) is 19.5. The average molecular weight is 330 g/mol. The predicted molar refractivity (Wildman–Crippen MR) is 45.1 cm³/mol. The monoisotopic (exact) mass is 328 g/mol. The van der Waals surface area contributed by atoms with Crippen LogP contribution in [0.3, 0.4) is 0 Å². The molecule has 2 rings (SSSR count). The van der Waals surface area contributed by atoms with E-state index in [2.05, 4.69) is 21.8 Å². The van der Waals surface area contributed by atoms with E-state index in [0.29, 0.717) is 16.4 Å². The van der Waals surface area contributed by atoms with Crippen LogP contribution >= 0.6 is 16.4 Å². The Morgan fingerprint density at radius 3 is 1.31 bits per heavy atom. The van der Waals surface area contributed by atoms with E-state index in [1.54, 1.807) is 12.4 Å². The van der Waals surface area contributed by atoms with Crippen LogP contribution < -0.4 is 24.8 Å². The van der Waals surface area contributed by atoms with Gasteiger partial charge in [0.15, 0.2) is 0 Å². The Morgan fingerprint density at radius 1 is 0.846 bits per heavy atom. The second-order valence-corrected chi connectivity index (χ2v) is 3.09. The fourth-order valence-electron chi connectivity index (χ4n) is 0.373. The molecule has 2 heterocycles. The molecule has 2 nitrogen and oxygen atoms in total. The Kier molecular flexibility index (Phi) is 23.0. The average Bonchev–Trinajstić information content (AvgIpc) is 2.67. The van der Waals surface area contributed by atoms with Crippen molar-refractivity contribution in [3.63, 3.8) is 0 Å². The largest absolute Gasteiger partial charge is 4.00 e. The van der Waals surface area contributed by atoms with Crippen molar-refractivity contribution >= 4 is 16.4 Å². The van der Waals surface area contributed by atoms with Gasteiger partial charge in [-0.1, -0.05) is 11.9 Å². The maximum Gasteiger partial charge on any atom is 4.00 e. The molecule has 0 aliphatic carbocycles. The molecule has 2 atom stereocenters. The van der Waals surface area contributed by atoms with Gasteiger partial charge in [0, 0.05) is 0 Å². The summed E-state index contributed by atoms with van der Waals surface area (Å²) in [4.78, 5) is 7.33. The zero-order valence-electron chi connectivity index (χ0n) is 6.46. The third kappa shape index (κ3) is 12.9. The normalized spacial score (nSPS) is 7.38. The molecule has 0 fully saturated rings. The second kappa shape index (κ2) is 15.4. The molecule has 13 heavy (non-hydrogen) atoms. The van der Waals surface area contributed by atoms with Gasteiger partial charge < -0.3 is 34.8 Å². The van der Waals surface area contributed by atoms with E-state index in [0.717, 1.165) is 0 Å². The smallest absolute Gasteiger partial charge is 1.00 e. The van der Waals surface area contributed by atoms with E-state index >= 15 is 0 Å². The minimum Gasteiger partial charge on any atom is -1.00 e. The van der Waals surface area contributed by atoms with E-state index in [4.69, 9.17) is 0 Å². The number of rotatable bonds is 0. The molecule has 0 amide bonds. The van der Waals surface area contributed by atoms with Crippen LogP contribution in [0.2, 0.25) is 0 Å². The van der Waals surface area contributed by atoms with Gasteiger partial charge in [-0.15, -0.1) is 12.4 Å². The zero-order valence-corrected chi connectivity index (χ0v) is 12.4. The van der Waals surface area contributed by atoms with Crippen LogP contribution in [0.15, 0.2) is 24.0 Å². The van der Waals surface area contributed by atoms with Crippen molar-refractivity contribution in [1.82, 2.24) is 9.97 Å². The van der Waals surface area contributed by atoms with Crippen molar-refractivity contribution in [1.29, 1.82) is 0 Å². The number of aromatic nitrogens is 2. The summed E-state index contributed by atoms with van der Waals surface area (Å²) in [5, 5.41) is 0. The molecule has 0 N–H and O–H groups in total. The Hall–Kier alpha value is 0.883. The van der Waals surface area contributed by atoms with Crippen molar-refractivity contribution in [3.8, 4) is 0 Å². The molecule has 0 saturated heterocycles. The van der Waals surface area contributed by atoms with Gasteiger partial charge >= 0.3 is 26.2 Å². The van der Waals surface area contributed by atoms with Gasteiger partial charge in [-0.05, 0) is 0 Å². The molecule has 0 radical (unpaired) electrons. The van der Waals surface area contributed by atoms with Crippen LogP contribution in [0.4, 0.5) is 0 Å². The van der Waals surface area contributed by atoms with Crippen LogP contribution in [0.5, 0.6) is 0 Å². The first-order chi connectivity index (χ1) is 5.00. The Balaban J connectivity index is -0.000000125. The van der Waals surface area contributed by atoms with Gasteiger partial charge in [-0.25, -0.2) is 0 Å². The zero-order chi connectivity index (χ0) is 7.07. The van der Waals surface area contributed by atoms with Crippen molar-refractivity contribution < 1.29 is 51.0 Å². The fraction of sp³-hybridized carbons (Fsp3) is 0. The first-order valence-corrected chi connectivity index (χ1v) is 4.86. The SMILES string of the molecule is [Cl-].[Cl-].[Zr+4].[c-]1ncc[pH]1.[c-]1ncc[pH]1. The van der Waals surface area contributed by atoms with Crippen LogP contribution in [0.25, 0.3) is 0 Å². The van der Waals surface area contributed by atoms with Crippen molar-refractivity contribution in [2.45, 2.75) is 0 Å². The molecule has 2 aromatic heterocycles. The summed E-state index contributed by atoms with van der Waals surface area (Å²) in [6.07, 6.45) is 3.52. The quantitative estimate of drug-likeness (QED) is 0.458. The van der Waals surface area contributed by atoms with Gasteiger partial charge in [0.1, 0.15) is 0 Å². The Labute approximate surface area is 112 Å². The summed E-state index contributed by atoms with van der Waals surface area (Å²) in [5.41, 5.74) is 0. The maximum absolute atomic E-state index is 3.67. The van der Waals surface area contributed by atoms with Crippen molar-refractivity contribution in [2.75, 3.05) is 0 Å². The maximum atomic E-state index is 3.67. The van der Waals surface area contributed by atoms with Gasteiger partial charge in [-0.2, -0.15) is 11.6 Å². The molecular weight excluding hydrogens is 324 g/mol. The number of hydrogen-bond donors (Lipinski definition) is 0. The van der Waals surface area contributed by atoms with Crippen LogP contribution in [0, 0.1) is 11.9 Å². The van der Waals surface area contributed by atoms with Gasteiger partial charge in [-0.3, -0.25) is 16.4 Å². The van der Waals surface area contributed by atoms with E-state index < -0.39 is 0 Å². The fourth-order valence-corrected chi connectivity index (χ4v) is 1.12. The third-order valence-corrected chi connectivity index (χ3v) is 1.87. The summed E-state index contributed by atoms with van der Waals surface area (Å²) in [7, 11) is 1.42. The molecule has 0 aromatic carbocycles. The molecule has 0 aliphatic rings. The van der Waals surface area contributed by atoms with E-state index in [-0.39, 0.29) is 51.0 Å². The predicted octanol–water partition coefficient (Wildman–Crippen LogP) is -4.17. The van der Waals surface area contributed by atoms with Gasteiger partial charge in [0.05, 0.1) is 0 Å². The second-order valence-electron chi connectivity index (χ2n) is 1.40.